The number of hydrogen-bond donors (Lipinski definition) is 1. The molecule has 0 unspecified atom stereocenters. The minimum Gasteiger partial charge on any atom is -0.338 e. The largest absolute Gasteiger partial charge is 0.338 e. The molecule has 2 aromatic carbocycles. The van der Waals surface area contributed by atoms with Crippen LogP contribution in [0, 0.1) is 13.8 Å². The molecule has 0 aliphatic carbocycles. The first-order valence-electron chi connectivity index (χ1n) is 9.80. The third kappa shape index (κ3) is 5.13. The van der Waals surface area contributed by atoms with Gasteiger partial charge >= 0.3 is 0 Å². The Kier molecular flexibility index (Phi) is 6.31. The first-order chi connectivity index (χ1) is 15.7. The molecule has 0 bridgehead atoms. The van der Waals surface area contributed by atoms with Gasteiger partial charge in [-0.05, 0) is 26.0 Å². The van der Waals surface area contributed by atoms with Gasteiger partial charge in [-0.15, -0.1) is 10.2 Å². The lowest BCUT2D eigenvalue weighted by atomic mass is 10.1. The number of nitrogens with one attached hydrogen (secondary N) is 1. The number of carbonyl (C=O) groups excluding carboxylic acids is 1. The minimum absolute atomic E-state index is 0.0768. The molecule has 10 nitrogen and oxygen atoms in total. The Hall–Kier alpha value is -3.48. The molecule has 0 saturated heterocycles. The summed E-state index contributed by atoms with van der Waals surface area (Å²) in [6, 6.07) is 14.6. The molecule has 0 saturated carbocycles. The zero-order valence-corrected chi connectivity index (χ0v) is 19.6. The van der Waals surface area contributed by atoms with Crippen LogP contribution in [0.1, 0.15) is 27.4 Å². The van der Waals surface area contributed by atoms with Gasteiger partial charge in [0.05, 0.1) is 6.54 Å². The summed E-state index contributed by atoms with van der Waals surface area (Å²) in [7, 11) is -2.61. The number of sulfonamides is 1. The summed E-state index contributed by atoms with van der Waals surface area (Å²) in [6.07, 6.45) is 0. The lowest BCUT2D eigenvalue weighted by molar-refractivity contribution is 0.102. The summed E-state index contributed by atoms with van der Waals surface area (Å²) in [5.41, 5.74) is 3.22. The van der Waals surface area contributed by atoms with E-state index in [2.05, 4.69) is 25.7 Å². The van der Waals surface area contributed by atoms with Gasteiger partial charge in [0.15, 0.2) is 0 Å². The summed E-state index contributed by atoms with van der Waals surface area (Å²) in [4.78, 5) is 16.6. The highest BCUT2D eigenvalue weighted by atomic mass is 32.2. The maximum absolute atomic E-state index is 12.9. The fraction of sp³-hybridized carbons (Fsp3) is 0.190. The number of hydrogen-bond acceptors (Lipinski definition) is 9. The van der Waals surface area contributed by atoms with Crippen molar-refractivity contribution < 1.29 is 17.7 Å². The van der Waals surface area contributed by atoms with Crippen molar-refractivity contribution in [3.63, 3.8) is 0 Å². The molecule has 33 heavy (non-hydrogen) atoms. The van der Waals surface area contributed by atoms with Crippen molar-refractivity contribution in [1.82, 2.24) is 24.6 Å². The minimum atomic E-state index is -3.99. The van der Waals surface area contributed by atoms with Crippen LogP contribution in [0.3, 0.4) is 0 Å². The topological polar surface area (TPSA) is 131 Å². The van der Waals surface area contributed by atoms with Crippen LogP contribution < -0.4 is 5.32 Å². The Morgan fingerprint density at radius 3 is 2.58 bits per heavy atom. The normalized spacial score (nSPS) is 11.6. The zero-order chi connectivity index (χ0) is 23.6. The van der Waals surface area contributed by atoms with E-state index in [0.29, 0.717) is 11.4 Å². The summed E-state index contributed by atoms with van der Waals surface area (Å²) in [6.45, 7) is 3.69. The summed E-state index contributed by atoms with van der Waals surface area (Å²) >= 11 is 0.759. The van der Waals surface area contributed by atoms with Crippen molar-refractivity contribution >= 4 is 32.4 Å². The van der Waals surface area contributed by atoms with Crippen LogP contribution in [0.5, 0.6) is 0 Å². The number of nitrogens with zero attached hydrogens (tertiary/aromatic N) is 5. The Morgan fingerprint density at radius 1 is 1.09 bits per heavy atom. The van der Waals surface area contributed by atoms with E-state index >= 15 is 0 Å². The SMILES string of the molecule is Cc1ccc(-c2noc(CN(C)S(=O)(=O)c3nnc(NC(=O)c4cccc(C)c4)s3)n2)cc1. The Bertz CT molecular complexity index is 1400. The lowest BCUT2D eigenvalue weighted by Crippen LogP contribution is -2.26. The van der Waals surface area contributed by atoms with Crippen LogP contribution in [0.4, 0.5) is 5.13 Å². The van der Waals surface area contributed by atoms with Gasteiger partial charge in [-0.1, -0.05) is 64.0 Å². The smallest absolute Gasteiger partial charge is 0.272 e. The average Bonchev–Trinajstić information content (AvgIpc) is 3.44. The second kappa shape index (κ2) is 9.17. The molecule has 12 heteroatoms. The van der Waals surface area contributed by atoms with Crippen molar-refractivity contribution in [2.45, 2.75) is 24.7 Å². The quantitative estimate of drug-likeness (QED) is 0.395. The van der Waals surface area contributed by atoms with E-state index < -0.39 is 15.9 Å². The number of amides is 1. The molecule has 0 spiro atoms. The van der Waals surface area contributed by atoms with Crippen LogP contribution in [0.2, 0.25) is 0 Å². The molecule has 0 aliphatic heterocycles. The molecule has 4 aromatic rings. The van der Waals surface area contributed by atoms with Gasteiger partial charge < -0.3 is 4.52 Å². The molecule has 0 atom stereocenters. The van der Waals surface area contributed by atoms with E-state index in [0.717, 1.165) is 32.3 Å². The van der Waals surface area contributed by atoms with Crippen molar-refractivity contribution in [1.29, 1.82) is 0 Å². The number of aromatic nitrogens is 4. The van der Waals surface area contributed by atoms with E-state index in [9.17, 15) is 13.2 Å². The lowest BCUT2D eigenvalue weighted by Gasteiger charge is -2.11. The molecule has 2 aromatic heterocycles. The molecule has 0 radical (unpaired) electrons. The second-order valence-electron chi connectivity index (χ2n) is 7.34. The third-order valence-corrected chi connectivity index (χ3v) is 7.66. The molecule has 170 valence electrons. The van der Waals surface area contributed by atoms with Crippen LogP contribution >= 0.6 is 11.3 Å². The second-order valence-corrected chi connectivity index (χ2v) is 10.5. The monoisotopic (exact) mass is 484 g/mol. The highest BCUT2D eigenvalue weighted by Crippen LogP contribution is 2.24. The zero-order valence-electron chi connectivity index (χ0n) is 18.0. The predicted octanol–water partition coefficient (Wildman–Crippen LogP) is 3.28. The van der Waals surface area contributed by atoms with Crippen molar-refractivity contribution in [3.05, 3.63) is 71.1 Å². The molecular formula is C21H20N6O4S2. The first-order valence-corrected chi connectivity index (χ1v) is 12.1. The molecule has 1 amide bonds. The van der Waals surface area contributed by atoms with E-state index in [1.807, 2.05) is 44.2 Å². The van der Waals surface area contributed by atoms with Gasteiger partial charge in [0.1, 0.15) is 0 Å². The molecule has 1 N–H and O–H groups in total. The molecule has 0 fully saturated rings. The number of carbonyl (C=O) groups is 1. The Morgan fingerprint density at radius 2 is 1.85 bits per heavy atom. The van der Waals surface area contributed by atoms with Gasteiger partial charge in [0.2, 0.25) is 21.2 Å². The third-order valence-electron chi connectivity index (χ3n) is 4.67. The van der Waals surface area contributed by atoms with E-state index in [1.54, 1.807) is 18.2 Å². The highest BCUT2D eigenvalue weighted by Gasteiger charge is 2.28. The molecule has 2 heterocycles. The fourth-order valence-corrected chi connectivity index (χ4v) is 5.07. The van der Waals surface area contributed by atoms with Gasteiger partial charge in [-0.3, -0.25) is 10.1 Å². The van der Waals surface area contributed by atoms with Crippen molar-refractivity contribution in [2.75, 3.05) is 12.4 Å². The van der Waals surface area contributed by atoms with Crippen molar-refractivity contribution in [2.24, 2.45) is 0 Å². The van der Waals surface area contributed by atoms with Crippen LogP contribution in [0.25, 0.3) is 11.4 Å². The summed E-state index contributed by atoms with van der Waals surface area (Å²) < 4.78 is 31.8. The van der Waals surface area contributed by atoms with Crippen LogP contribution in [-0.4, -0.2) is 46.0 Å². The maximum Gasteiger partial charge on any atom is 0.272 e. The average molecular weight is 485 g/mol. The maximum atomic E-state index is 12.9. The van der Waals surface area contributed by atoms with E-state index in [-0.39, 0.29) is 21.9 Å². The van der Waals surface area contributed by atoms with Crippen LogP contribution in [0.15, 0.2) is 57.4 Å². The van der Waals surface area contributed by atoms with E-state index in [1.165, 1.54) is 7.05 Å². The fourth-order valence-electron chi connectivity index (χ4n) is 2.87. The standard InChI is InChI=1S/C21H20N6O4S2/c1-13-7-9-15(10-8-13)18-22-17(31-26-18)12-27(3)33(29,30)21-25-24-20(32-21)23-19(28)16-6-4-5-14(2)11-16/h4-11H,12H2,1-3H3,(H,23,24,28). The number of aryl methyl sites for hydroxylation is 2. The van der Waals surface area contributed by atoms with Gasteiger partial charge in [-0.2, -0.15) is 9.29 Å². The van der Waals surface area contributed by atoms with Gasteiger partial charge in [0, 0.05) is 18.2 Å². The summed E-state index contributed by atoms with van der Waals surface area (Å²) in [5, 5.41) is 14.1. The summed E-state index contributed by atoms with van der Waals surface area (Å²) in [5.74, 6) is 0.101. The van der Waals surface area contributed by atoms with Gasteiger partial charge in [0.25, 0.3) is 15.9 Å². The number of rotatable bonds is 7. The number of anilines is 1. The molecule has 0 aliphatic rings. The number of benzene rings is 2. The first kappa shape index (κ1) is 22.7. The predicted molar refractivity (Wildman–Crippen MR) is 122 cm³/mol. The van der Waals surface area contributed by atoms with E-state index in [4.69, 9.17) is 4.52 Å². The Labute approximate surface area is 194 Å². The Balaban J connectivity index is 1.44. The van der Waals surface area contributed by atoms with Crippen LogP contribution in [-0.2, 0) is 16.6 Å². The highest BCUT2D eigenvalue weighted by molar-refractivity contribution is 7.91. The molecule has 4 rings (SSSR count). The molecular weight excluding hydrogens is 464 g/mol. The van der Waals surface area contributed by atoms with Gasteiger partial charge in [-0.25, -0.2) is 8.42 Å². The van der Waals surface area contributed by atoms with Crippen molar-refractivity contribution in [3.8, 4) is 11.4 Å².